The first-order valence-electron chi connectivity index (χ1n) is 10.6. The lowest BCUT2D eigenvalue weighted by atomic mass is 9.87. The summed E-state index contributed by atoms with van der Waals surface area (Å²) in [4.78, 5) is 4.82. The van der Waals surface area contributed by atoms with Crippen molar-refractivity contribution in [2.24, 2.45) is 0 Å². The summed E-state index contributed by atoms with van der Waals surface area (Å²) in [6, 6.07) is 18.0. The van der Waals surface area contributed by atoms with Gasteiger partial charge in [0.05, 0.1) is 13.2 Å². The highest BCUT2D eigenvalue weighted by Crippen LogP contribution is 2.28. The minimum atomic E-state index is 0.185. The average Bonchev–Trinajstić information content (AvgIpc) is 2.72. The highest BCUT2D eigenvalue weighted by molar-refractivity contribution is 5.51. The van der Waals surface area contributed by atoms with Gasteiger partial charge in [-0.3, -0.25) is 0 Å². The van der Waals surface area contributed by atoms with Gasteiger partial charge < -0.3 is 14.5 Å². The smallest absolute Gasteiger partial charge is 0.0642 e. The number of nitrogens with zero attached hydrogens (tertiary/aromatic N) is 2. The number of rotatable bonds is 6. The molecule has 0 aliphatic carbocycles. The van der Waals surface area contributed by atoms with Crippen molar-refractivity contribution in [1.82, 2.24) is 0 Å². The molecule has 3 rings (SSSR count). The molecule has 0 amide bonds. The normalized spacial score (nSPS) is 16.1. The Morgan fingerprint density at radius 3 is 2.46 bits per heavy atom. The number of ether oxygens (including phenoxy) is 1. The molecule has 28 heavy (non-hydrogen) atoms. The molecular weight excluding hydrogens is 344 g/mol. The van der Waals surface area contributed by atoms with Crippen LogP contribution in [0.25, 0.3) is 0 Å². The Kier molecular flexibility index (Phi) is 6.66. The van der Waals surface area contributed by atoms with E-state index in [0.29, 0.717) is 5.92 Å². The van der Waals surface area contributed by atoms with Gasteiger partial charge in [0.15, 0.2) is 0 Å². The fourth-order valence-electron chi connectivity index (χ4n) is 3.74. The van der Waals surface area contributed by atoms with Crippen molar-refractivity contribution < 1.29 is 4.74 Å². The molecule has 1 aliphatic heterocycles. The molecule has 2 aromatic rings. The molecule has 0 spiro atoms. The van der Waals surface area contributed by atoms with Crippen LogP contribution in [-0.4, -0.2) is 39.9 Å². The Bertz CT molecular complexity index is 759. The van der Waals surface area contributed by atoms with Gasteiger partial charge in [-0.25, -0.2) is 0 Å². The van der Waals surface area contributed by atoms with Gasteiger partial charge in [-0.1, -0.05) is 52.0 Å². The summed E-state index contributed by atoms with van der Waals surface area (Å²) in [5.74, 6) is 0.536. The van der Waals surface area contributed by atoms with Crippen molar-refractivity contribution in [3.63, 3.8) is 0 Å². The van der Waals surface area contributed by atoms with E-state index in [1.165, 1.54) is 22.5 Å². The second kappa shape index (κ2) is 9.00. The number of morpholine rings is 1. The molecule has 1 unspecified atom stereocenters. The molecule has 3 heteroatoms. The number of hydrogen-bond donors (Lipinski definition) is 0. The summed E-state index contributed by atoms with van der Waals surface area (Å²) in [7, 11) is 2.21. The first-order chi connectivity index (χ1) is 13.3. The van der Waals surface area contributed by atoms with Gasteiger partial charge in [-0.05, 0) is 53.1 Å². The zero-order chi connectivity index (χ0) is 20.1. The third kappa shape index (κ3) is 5.29. The van der Waals surface area contributed by atoms with Crippen molar-refractivity contribution in [2.45, 2.75) is 45.4 Å². The average molecular weight is 381 g/mol. The van der Waals surface area contributed by atoms with Crippen LogP contribution in [0.15, 0.2) is 48.5 Å². The Morgan fingerprint density at radius 2 is 1.75 bits per heavy atom. The van der Waals surface area contributed by atoms with E-state index in [2.05, 4.69) is 93.1 Å². The van der Waals surface area contributed by atoms with E-state index in [0.717, 1.165) is 39.3 Å². The SMILES string of the molecule is CC(CCN(C)c1cccc(C(C)(C)C)c1)c1cccc(N2CCOCC2)c1. The van der Waals surface area contributed by atoms with Crippen LogP contribution < -0.4 is 9.80 Å². The number of hydrogen-bond acceptors (Lipinski definition) is 3. The molecule has 1 heterocycles. The molecule has 3 nitrogen and oxygen atoms in total. The molecule has 0 N–H and O–H groups in total. The minimum absolute atomic E-state index is 0.185. The molecular formula is C25H36N2O. The molecule has 2 aromatic carbocycles. The predicted molar refractivity (Wildman–Crippen MR) is 121 cm³/mol. The van der Waals surface area contributed by atoms with Crippen LogP contribution in [0.2, 0.25) is 0 Å². The van der Waals surface area contributed by atoms with Crippen LogP contribution in [0.4, 0.5) is 11.4 Å². The van der Waals surface area contributed by atoms with Crippen LogP contribution in [0.1, 0.15) is 51.2 Å². The third-order valence-corrected chi connectivity index (χ3v) is 5.87. The van der Waals surface area contributed by atoms with Crippen molar-refractivity contribution in [3.8, 4) is 0 Å². The largest absolute Gasteiger partial charge is 0.378 e. The maximum absolute atomic E-state index is 5.49. The Labute approximate surface area is 171 Å². The third-order valence-electron chi connectivity index (χ3n) is 5.87. The van der Waals surface area contributed by atoms with Gasteiger partial charge in [0.2, 0.25) is 0 Å². The van der Waals surface area contributed by atoms with Crippen LogP contribution in [0.5, 0.6) is 0 Å². The Balaban J connectivity index is 1.61. The van der Waals surface area contributed by atoms with Crippen molar-refractivity contribution in [1.29, 1.82) is 0 Å². The lowest BCUT2D eigenvalue weighted by Crippen LogP contribution is -2.36. The lowest BCUT2D eigenvalue weighted by Gasteiger charge is -2.29. The van der Waals surface area contributed by atoms with Gasteiger partial charge in [0.1, 0.15) is 0 Å². The molecule has 0 radical (unpaired) electrons. The molecule has 152 valence electrons. The maximum Gasteiger partial charge on any atom is 0.0642 e. The van der Waals surface area contributed by atoms with Gasteiger partial charge >= 0.3 is 0 Å². The zero-order valence-corrected chi connectivity index (χ0v) is 18.2. The predicted octanol–water partition coefficient (Wildman–Crippen LogP) is 5.45. The van der Waals surface area contributed by atoms with E-state index in [4.69, 9.17) is 4.74 Å². The first kappa shape index (κ1) is 20.7. The van der Waals surface area contributed by atoms with E-state index in [1.807, 2.05) is 0 Å². The van der Waals surface area contributed by atoms with Gasteiger partial charge in [0, 0.05) is 38.1 Å². The minimum Gasteiger partial charge on any atom is -0.378 e. The quantitative estimate of drug-likeness (QED) is 0.663. The number of benzene rings is 2. The molecule has 1 aliphatic rings. The fraction of sp³-hybridized carbons (Fsp3) is 0.520. The monoisotopic (exact) mass is 380 g/mol. The molecule has 0 aromatic heterocycles. The van der Waals surface area contributed by atoms with E-state index in [9.17, 15) is 0 Å². The molecule has 0 saturated carbocycles. The maximum atomic E-state index is 5.49. The lowest BCUT2D eigenvalue weighted by molar-refractivity contribution is 0.122. The fourth-order valence-corrected chi connectivity index (χ4v) is 3.74. The summed E-state index contributed by atoms with van der Waals surface area (Å²) >= 11 is 0. The summed E-state index contributed by atoms with van der Waals surface area (Å²) in [6.45, 7) is 13.9. The highest BCUT2D eigenvalue weighted by atomic mass is 16.5. The second-order valence-corrected chi connectivity index (χ2v) is 9.11. The van der Waals surface area contributed by atoms with Crippen LogP contribution >= 0.6 is 0 Å². The topological polar surface area (TPSA) is 15.7 Å². The standard InChI is InChI=1S/C25H36N2O/c1-20(21-8-6-11-24(18-21)27-14-16-28-17-15-27)12-13-26(5)23-10-7-9-22(19-23)25(2,3)4/h6-11,18-20H,12-17H2,1-5H3. The molecule has 1 saturated heterocycles. The van der Waals surface area contributed by atoms with Crippen LogP contribution in [0, 0.1) is 0 Å². The molecule has 1 atom stereocenters. The number of anilines is 2. The van der Waals surface area contributed by atoms with Gasteiger partial charge in [0.25, 0.3) is 0 Å². The van der Waals surface area contributed by atoms with E-state index < -0.39 is 0 Å². The van der Waals surface area contributed by atoms with E-state index >= 15 is 0 Å². The van der Waals surface area contributed by atoms with Crippen molar-refractivity contribution >= 4 is 11.4 Å². The zero-order valence-electron chi connectivity index (χ0n) is 18.2. The van der Waals surface area contributed by atoms with E-state index in [1.54, 1.807) is 0 Å². The van der Waals surface area contributed by atoms with Crippen LogP contribution in [0.3, 0.4) is 0 Å². The summed E-state index contributed by atoms with van der Waals surface area (Å²) < 4.78 is 5.49. The van der Waals surface area contributed by atoms with E-state index in [-0.39, 0.29) is 5.41 Å². The Hall–Kier alpha value is -2.00. The van der Waals surface area contributed by atoms with Crippen molar-refractivity contribution in [2.75, 3.05) is 49.7 Å². The first-order valence-corrected chi connectivity index (χ1v) is 10.6. The van der Waals surface area contributed by atoms with Gasteiger partial charge in [-0.15, -0.1) is 0 Å². The van der Waals surface area contributed by atoms with Crippen molar-refractivity contribution in [3.05, 3.63) is 59.7 Å². The Morgan fingerprint density at radius 1 is 1.04 bits per heavy atom. The molecule has 1 fully saturated rings. The summed E-state index contributed by atoms with van der Waals surface area (Å²) in [5.41, 5.74) is 5.65. The summed E-state index contributed by atoms with van der Waals surface area (Å²) in [6.07, 6.45) is 1.14. The molecule has 0 bridgehead atoms. The van der Waals surface area contributed by atoms with Crippen LogP contribution in [-0.2, 0) is 10.2 Å². The van der Waals surface area contributed by atoms with Gasteiger partial charge in [-0.2, -0.15) is 0 Å². The highest BCUT2D eigenvalue weighted by Gasteiger charge is 2.16. The summed E-state index contributed by atoms with van der Waals surface area (Å²) in [5, 5.41) is 0. The second-order valence-electron chi connectivity index (χ2n) is 9.11.